The summed E-state index contributed by atoms with van der Waals surface area (Å²) in [5.74, 6) is -0.443. The second-order valence-corrected chi connectivity index (χ2v) is 3.84. The number of halogens is 2. The first kappa shape index (κ1) is 12.6. The average Bonchev–Trinajstić information content (AvgIpc) is 2.23. The molecule has 0 aliphatic heterocycles. The van der Waals surface area contributed by atoms with E-state index in [1.807, 2.05) is 0 Å². The highest BCUT2D eigenvalue weighted by Gasteiger charge is 2.12. The molecule has 84 valence electrons. The molecule has 1 aromatic carbocycles. The lowest BCUT2D eigenvalue weighted by Gasteiger charge is -2.09. The van der Waals surface area contributed by atoms with Crippen LogP contribution in [0.1, 0.15) is 6.92 Å². The van der Waals surface area contributed by atoms with Gasteiger partial charge in [0.25, 0.3) is 0 Å². The van der Waals surface area contributed by atoms with Crippen LogP contribution < -0.4 is 5.32 Å². The van der Waals surface area contributed by atoms with Crippen molar-refractivity contribution in [3.63, 3.8) is 0 Å². The minimum absolute atomic E-state index is 0.367. The molecule has 0 aliphatic carbocycles. The molecule has 0 saturated carbocycles. The predicted molar refractivity (Wildman–Crippen MR) is 63.7 cm³/mol. The molecule has 1 N–H and O–H groups in total. The lowest BCUT2D eigenvalue weighted by atomic mass is 10.3. The maximum atomic E-state index is 11.5. The van der Waals surface area contributed by atoms with Crippen molar-refractivity contribution in [1.82, 2.24) is 0 Å². The Morgan fingerprint density at radius 3 is 2.88 bits per heavy atom. The monoisotopic (exact) mass is 258 g/mol. The Morgan fingerprint density at radius 1 is 1.56 bits per heavy atom. The number of amides is 1. The first-order chi connectivity index (χ1) is 7.54. The third-order valence-electron chi connectivity index (χ3n) is 1.79. The molecule has 1 unspecified atom stereocenters. The van der Waals surface area contributed by atoms with Gasteiger partial charge in [-0.1, -0.05) is 28.3 Å². The van der Waals surface area contributed by atoms with E-state index in [-0.39, 0.29) is 0 Å². The van der Waals surface area contributed by atoms with Crippen molar-refractivity contribution < 1.29 is 4.79 Å². The molecule has 0 saturated heterocycles. The van der Waals surface area contributed by atoms with E-state index in [1.54, 1.807) is 12.1 Å². The third kappa shape index (κ3) is 3.31. The van der Waals surface area contributed by atoms with Crippen LogP contribution in [0.2, 0.25) is 10.0 Å². The van der Waals surface area contributed by atoms with Gasteiger partial charge < -0.3 is 5.32 Å². The SMILES string of the molecule is CC(N=[N+]=[N-])C(=O)Nc1cc(Cl)ccc1Cl. The highest BCUT2D eigenvalue weighted by Crippen LogP contribution is 2.25. The van der Waals surface area contributed by atoms with E-state index < -0.39 is 11.9 Å². The summed E-state index contributed by atoms with van der Waals surface area (Å²) in [7, 11) is 0. The summed E-state index contributed by atoms with van der Waals surface area (Å²) >= 11 is 11.6. The Bertz CT molecular complexity index is 457. The van der Waals surface area contributed by atoms with Crippen molar-refractivity contribution in [3.05, 3.63) is 38.7 Å². The maximum Gasteiger partial charge on any atom is 0.233 e. The molecular formula is C9H8Cl2N4O. The molecule has 16 heavy (non-hydrogen) atoms. The summed E-state index contributed by atoms with van der Waals surface area (Å²) < 4.78 is 0. The number of benzene rings is 1. The average molecular weight is 259 g/mol. The Morgan fingerprint density at radius 2 is 2.25 bits per heavy atom. The zero-order chi connectivity index (χ0) is 12.1. The number of carbonyl (C=O) groups is 1. The number of azide groups is 1. The smallest absolute Gasteiger partial charge is 0.233 e. The molecule has 0 heterocycles. The molecule has 0 bridgehead atoms. The summed E-state index contributed by atoms with van der Waals surface area (Å²) in [6, 6.07) is 3.89. The quantitative estimate of drug-likeness (QED) is 0.502. The molecule has 1 amide bonds. The largest absolute Gasteiger partial charge is 0.324 e. The lowest BCUT2D eigenvalue weighted by molar-refractivity contribution is -0.117. The van der Waals surface area contributed by atoms with E-state index in [4.69, 9.17) is 28.7 Å². The molecule has 7 heteroatoms. The molecule has 5 nitrogen and oxygen atoms in total. The maximum absolute atomic E-state index is 11.5. The van der Waals surface area contributed by atoms with E-state index >= 15 is 0 Å². The fourth-order valence-corrected chi connectivity index (χ4v) is 1.30. The number of rotatable bonds is 3. The van der Waals surface area contributed by atoms with Gasteiger partial charge in [0.2, 0.25) is 5.91 Å². The molecule has 1 rings (SSSR count). The van der Waals surface area contributed by atoms with Crippen LogP contribution in [0.15, 0.2) is 23.3 Å². The van der Waals surface area contributed by atoms with Crippen LogP contribution in [0.5, 0.6) is 0 Å². The van der Waals surface area contributed by atoms with Crippen molar-refractivity contribution in [1.29, 1.82) is 0 Å². The van der Waals surface area contributed by atoms with Gasteiger partial charge in [-0.25, -0.2) is 0 Å². The lowest BCUT2D eigenvalue weighted by Crippen LogP contribution is -2.23. The van der Waals surface area contributed by atoms with Crippen molar-refractivity contribution in [3.8, 4) is 0 Å². The Labute approximate surface area is 102 Å². The van der Waals surface area contributed by atoms with Gasteiger partial charge in [0, 0.05) is 9.93 Å². The third-order valence-corrected chi connectivity index (χ3v) is 2.36. The number of carbonyl (C=O) groups excluding carboxylic acids is 1. The van der Waals surface area contributed by atoms with E-state index in [1.165, 1.54) is 13.0 Å². The van der Waals surface area contributed by atoms with E-state index in [2.05, 4.69) is 15.3 Å². The second kappa shape index (κ2) is 5.61. The van der Waals surface area contributed by atoms with Crippen molar-refractivity contribution in [2.75, 3.05) is 5.32 Å². The summed E-state index contributed by atoms with van der Waals surface area (Å²) in [6.07, 6.45) is 0. The molecule has 0 aromatic heterocycles. The number of nitrogens with one attached hydrogen (secondary N) is 1. The summed E-state index contributed by atoms with van der Waals surface area (Å²) in [5.41, 5.74) is 8.57. The normalized spacial score (nSPS) is 11.4. The molecule has 1 aromatic rings. The first-order valence-electron chi connectivity index (χ1n) is 4.34. The molecule has 0 spiro atoms. The molecule has 0 aliphatic rings. The highest BCUT2D eigenvalue weighted by molar-refractivity contribution is 6.35. The minimum atomic E-state index is -0.806. The first-order valence-corrected chi connectivity index (χ1v) is 5.10. The number of nitrogens with zero attached hydrogens (tertiary/aromatic N) is 3. The van der Waals surface area contributed by atoms with Crippen molar-refractivity contribution in [2.24, 2.45) is 5.11 Å². The van der Waals surface area contributed by atoms with E-state index in [0.717, 1.165) is 0 Å². The van der Waals surface area contributed by atoms with Crippen molar-refractivity contribution in [2.45, 2.75) is 13.0 Å². The topological polar surface area (TPSA) is 77.9 Å². The zero-order valence-electron chi connectivity index (χ0n) is 8.32. The van der Waals surface area contributed by atoms with E-state index in [0.29, 0.717) is 15.7 Å². The Balaban J connectivity index is 2.84. The van der Waals surface area contributed by atoms with E-state index in [9.17, 15) is 4.79 Å². The van der Waals surface area contributed by atoms with Crippen LogP contribution in [0, 0.1) is 0 Å². The van der Waals surface area contributed by atoms with Gasteiger partial charge in [-0.2, -0.15) is 0 Å². The number of hydrogen-bond donors (Lipinski definition) is 1. The van der Waals surface area contributed by atoms with Crippen LogP contribution in [-0.2, 0) is 4.79 Å². The predicted octanol–water partition coefficient (Wildman–Crippen LogP) is 3.63. The Kier molecular flexibility index (Phi) is 4.43. The zero-order valence-corrected chi connectivity index (χ0v) is 9.83. The van der Waals surface area contributed by atoms with Gasteiger partial charge in [-0.15, -0.1) is 0 Å². The second-order valence-electron chi connectivity index (χ2n) is 2.99. The van der Waals surface area contributed by atoms with Crippen LogP contribution >= 0.6 is 23.2 Å². The summed E-state index contributed by atoms with van der Waals surface area (Å²) in [4.78, 5) is 14.0. The van der Waals surface area contributed by atoms with Gasteiger partial charge in [0.05, 0.1) is 10.7 Å². The van der Waals surface area contributed by atoms with Crippen molar-refractivity contribution >= 4 is 34.8 Å². The fourth-order valence-electron chi connectivity index (χ4n) is 0.960. The van der Waals surface area contributed by atoms with Crippen LogP contribution in [0.3, 0.4) is 0 Å². The van der Waals surface area contributed by atoms with Gasteiger partial charge in [0.15, 0.2) is 0 Å². The van der Waals surface area contributed by atoms with Crippen LogP contribution in [0.25, 0.3) is 10.4 Å². The Hall–Kier alpha value is -1.42. The fraction of sp³-hybridized carbons (Fsp3) is 0.222. The van der Waals surface area contributed by atoms with Gasteiger partial charge in [0.1, 0.15) is 6.04 Å². The van der Waals surface area contributed by atoms with Gasteiger partial charge in [-0.3, -0.25) is 4.79 Å². The number of anilines is 1. The molecule has 0 radical (unpaired) electrons. The molecule has 0 fully saturated rings. The minimum Gasteiger partial charge on any atom is -0.324 e. The van der Waals surface area contributed by atoms with Crippen LogP contribution in [-0.4, -0.2) is 11.9 Å². The molecule has 1 atom stereocenters. The van der Waals surface area contributed by atoms with Gasteiger partial charge >= 0.3 is 0 Å². The molecular weight excluding hydrogens is 251 g/mol. The van der Waals surface area contributed by atoms with Gasteiger partial charge in [-0.05, 0) is 30.7 Å². The van der Waals surface area contributed by atoms with Crippen LogP contribution in [0.4, 0.5) is 5.69 Å². The summed E-state index contributed by atoms with van der Waals surface area (Å²) in [6.45, 7) is 1.48. The standard InChI is InChI=1S/C9H8Cl2N4O/c1-5(14-15-12)9(16)13-8-4-6(10)2-3-7(8)11/h2-5H,1H3,(H,13,16). The number of hydrogen-bond acceptors (Lipinski definition) is 2. The summed E-state index contributed by atoms with van der Waals surface area (Å²) in [5, 5.41) is 6.60. The highest BCUT2D eigenvalue weighted by atomic mass is 35.5.